The highest BCUT2D eigenvalue weighted by atomic mass is 16.3. The summed E-state index contributed by atoms with van der Waals surface area (Å²) in [5, 5.41) is 13.1. The molecule has 2 aliphatic carbocycles. The van der Waals surface area contributed by atoms with Crippen LogP contribution in [-0.2, 0) is 0 Å². The molecule has 0 amide bonds. The SMILES string of the molecule is CCCNCC1(CN(C)CC2CC(O)C2)CCCCC1. The van der Waals surface area contributed by atoms with Gasteiger partial charge in [-0.2, -0.15) is 0 Å². The quantitative estimate of drug-likeness (QED) is 0.672. The summed E-state index contributed by atoms with van der Waals surface area (Å²) in [6, 6.07) is 0. The van der Waals surface area contributed by atoms with Crippen LogP contribution in [0.5, 0.6) is 0 Å². The molecular weight excluding hydrogens is 248 g/mol. The maximum atomic E-state index is 9.42. The number of nitrogens with one attached hydrogen (secondary N) is 1. The molecule has 2 aliphatic rings. The van der Waals surface area contributed by atoms with Crippen molar-refractivity contribution in [2.45, 2.75) is 64.4 Å². The van der Waals surface area contributed by atoms with Crippen LogP contribution in [0.15, 0.2) is 0 Å². The largest absolute Gasteiger partial charge is 0.393 e. The van der Waals surface area contributed by atoms with E-state index >= 15 is 0 Å². The van der Waals surface area contributed by atoms with E-state index in [0.29, 0.717) is 5.41 Å². The molecule has 2 saturated carbocycles. The smallest absolute Gasteiger partial charge is 0.0546 e. The van der Waals surface area contributed by atoms with Crippen LogP contribution in [0, 0.1) is 11.3 Å². The fourth-order valence-electron chi connectivity index (χ4n) is 4.15. The van der Waals surface area contributed by atoms with E-state index in [1.807, 2.05) is 0 Å². The van der Waals surface area contributed by atoms with Crippen molar-refractivity contribution in [2.24, 2.45) is 11.3 Å². The Morgan fingerprint density at radius 1 is 1.20 bits per heavy atom. The van der Waals surface area contributed by atoms with Crippen LogP contribution in [0.2, 0.25) is 0 Å². The van der Waals surface area contributed by atoms with Gasteiger partial charge in [0, 0.05) is 19.6 Å². The lowest BCUT2D eigenvalue weighted by Crippen LogP contribution is -2.47. The van der Waals surface area contributed by atoms with Crippen molar-refractivity contribution < 1.29 is 5.11 Å². The molecule has 0 saturated heterocycles. The predicted molar refractivity (Wildman–Crippen MR) is 84.9 cm³/mol. The van der Waals surface area contributed by atoms with Gasteiger partial charge in [0.15, 0.2) is 0 Å². The first-order chi connectivity index (χ1) is 9.63. The molecule has 0 bridgehead atoms. The average molecular weight is 282 g/mol. The zero-order valence-electron chi connectivity index (χ0n) is 13.5. The maximum absolute atomic E-state index is 9.42. The summed E-state index contributed by atoms with van der Waals surface area (Å²) in [6.45, 7) is 7.00. The summed E-state index contributed by atoms with van der Waals surface area (Å²) in [4.78, 5) is 2.54. The van der Waals surface area contributed by atoms with Gasteiger partial charge in [-0.1, -0.05) is 26.2 Å². The Morgan fingerprint density at radius 2 is 1.90 bits per heavy atom. The first-order valence-electron chi connectivity index (χ1n) is 8.71. The van der Waals surface area contributed by atoms with E-state index in [2.05, 4.69) is 24.2 Å². The number of aliphatic hydroxyl groups excluding tert-OH is 1. The highest BCUT2D eigenvalue weighted by molar-refractivity contribution is 4.89. The standard InChI is InChI=1S/C17H34N2O/c1-3-9-18-13-17(7-5-4-6-8-17)14-19(2)12-15-10-16(20)11-15/h15-16,18,20H,3-14H2,1-2H3. The van der Waals surface area contributed by atoms with Crippen molar-refractivity contribution >= 4 is 0 Å². The van der Waals surface area contributed by atoms with Crippen LogP contribution in [0.25, 0.3) is 0 Å². The molecule has 118 valence electrons. The molecule has 2 fully saturated rings. The summed E-state index contributed by atoms with van der Waals surface area (Å²) in [5.74, 6) is 0.735. The van der Waals surface area contributed by atoms with Crippen LogP contribution in [0.1, 0.15) is 58.3 Å². The predicted octanol–water partition coefficient (Wildman–Crippen LogP) is 2.64. The van der Waals surface area contributed by atoms with Gasteiger partial charge >= 0.3 is 0 Å². The van der Waals surface area contributed by atoms with E-state index in [0.717, 1.165) is 25.3 Å². The monoisotopic (exact) mass is 282 g/mol. The van der Waals surface area contributed by atoms with Gasteiger partial charge in [-0.3, -0.25) is 0 Å². The summed E-state index contributed by atoms with van der Waals surface area (Å²) in [7, 11) is 2.28. The Kier molecular flexibility index (Phi) is 6.31. The van der Waals surface area contributed by atoms with Gasteiger partial charge in [-0.05, 0) is 57.0 Å². The number of nitrogens with zero attached hydrogens (tertiary/aromatic N) is 1. The third-order valence-corrected chi connectivity index (χ3v) is 5.23. The molecule has 0 atom stereocenters. The Morgan fingerprint density at radius 3 is 2.50 bits per heavy atom. The van der Waals surface area contributed by atoms with Crippen LogP contribution in [0.3, 0.4) is 0 Å². The Bertz CT molecular complexity index is 270. The molecule has 20 heavy (non-hydrogen) atoms. The van der Waals surface area contributed by atoms with E-state index in [9.17, 15) is 5.11 Å². The fourth-order valence-corrected chi connectivity index (χ4v) is 4.15. The third-order valence-electron chi connectivity index (χ3n) is 5.23. The zero-order chi connectivity index (χ0) is 14.4. The Labute approximate surface area is 125 Å². The lowest BCUT2D eigenvalue weighted by atomic mass is 9.73. The van der Waals surface area contributed by atoms with E-state index in [1.54, 1.807) is 0 Å². The average Bonchev–Trinajstić information content (AvgIpc) is 2.38. The second kappa shape index (κ2) is 7.77. The summed E-state index contributed by atoms with van der Waals surface area (Å²) >= 11 is 0. The van der Waals surface area contributed by atoms with E-state index in [1.165, 1.54) is 58.2 Å². The molecule has 2 N–H and O–H groups in total. The van der Waals surface area contributed by atoms with Gasteiger partial charge in [-0.15, -0.1) is 0 Å². The molecule has 3 nitrogen and oxygen atoms in total. The molecule has 0 aromatic carbocycles. The van der Waals surface area contributed by atoms with Crippen LogP contribution in [0.4, 0.5) is 0 Å². The minimum Gasteiger partial charge on any atom is -0.393 e. The van der Waals surface area contributed by atoms with Gasteiger partial charge < -0.3 is 15.3 Å². The van der Waals surface area contributed by atoms with E-state index < -0.39 is 0 Å². The lowest BCUT2D eigenvalue weighted by molar-refractivity contribution is 0.0181. The number of hydrogen-bond acceptors (Lipinski definition) is 3. The maximum Gasteiger partial charge on any atom is 0.0546 e. The fraction of sp³-hybridized carbons (Fsp3) is 1.00. The Balaban J connectivity index is 1.79. The molecule has 0 aromatic heterocycles. The van der Waals surface area contributed by atoms with E-state index in [4.69, 9.17) is 0 Å². The summed E-state index contributed by atoms with van der Waals surface area (Å²) in [5.41, 5.74) is 0.504. The van der Waals surface area contributed by atoms with Crippen molar-refractivity contribution in [3.63, 3.8) is 0 Å². The lowest BCUT2D eigenvalue weighted by Gasteiger charge is -2.42. The number of rotatable bonds is 8. The minimum atomic E-state index is -0.0109. The molecule has 0 aliphatic heterocycles. The summed E-state index contributed by atoms with van der Waals surface area (Å²) < 4.78 is 0. The second-order valence-electron chi connectivity index (χ2n) is 7.43. The van der Waals surface area contributed by atoms with Crippen molar-refractivity contribution in [3.05, 3.63) is 0 Å². The molecule has 3 heteroatoms. The topological polar surface area (TPSA) is 35.5 Å². The molecule has 2 rings (SSSR count). The number of hydrogen-bond donors (Lipinski definition) is 2. The first-order valence-corrected chi connectivity index (χ1v) is 8.71. The first kappa shape index (κ1) is 16.3. The van der Waals surface area contributed by atoms with Gasteiger partial charge in [0.1, 0.15) is 0 Å². The molecule has 0 spiro atoms. The summed E-state index contributed by atoms with van der Waals surface area (Å²) in [6.07, 6.45) is 10.3. The van der Waals surface area contributed by atoms with Crippen molar-refractivity contribution in [1.82, 2.24) is 10.2 Å². The van der Waals surface area contributed by atoms with Crippen LogP contribution >= 0.6 is 0 Å². The van der Waals surface area contributed by atoms with Gasteiger partial charge in [0.05, 0.1) is 6.10 Å². The molecule has 0 unspecified atom stereocenters. The van der Waals surface area contributed by atoms with E-state index in [-0.39, 0.29) is 6.10 Å². The number of aliphatic hydroxyl groups is 1. The normalized spacial score (nSPS) is 29.4. The molecule has 0 radical (unpaired) electrons. The van der Waals surface area contributed by atoms with Crippen molar-refractivity contribution in [2.75, 3.05) is 33.2 Å². The van der Waals surface area contributed by atoms with Crippen molar-refractivity contribution in [1.29, 1.82) is 0 Å². The second-order valence-corrected chi connectivity index (χ2v) is 7.43. The highest BCUT2D eigenvalue weighted by Gasteiger charge is 2.34. The van der Waals surface area contributed by atoms with Gasteiger partial charge in [-0.25, -0.2) is 0 Å². The molecule has 0 heterocycles. The third kappa shape index (κ3) is 4.71. The van der Waals surface area contributed by atoms with Gasteiger partial charge in [0.25, 0.3) is 0 Å². The minimum absolute atomic E-state index is 0.0109. The molecular formula is C17H34N2O. The van der Waals surface area contributed by atoms with Crippen LogP contribution < -0.4 is 5.32 Å². The highest BCUT2D eigenvalue weighted by Crippen LogP contribution is 2.37. The Hall–Kier alpha value is -0.120. The zero-order valence-corrected chi connectivity index (χ0v) is 13.5. The van der Waals surface area contributed by atoms with Gasteiger partial charge in [0.2, 0.25) is 0 Å². The molecule has 0 aromatic rings. The van der Waals surface area contributed by atoms with Crippen molar-refractivity contribution in [3.8, 4) is 0 Å². The van der Waals surface area contributed by atoms with Crippen LogP contribution in [-0.4, -0.2) is 49.3 Å².